The minimum absolute atomic E-state index is 0.244. The summed E-state index contributed by atoms with van der Waals surface area (Å²) >= 11 is 0. The van der Waals surface area contributed by atoms with Gasteiger partial charge in [0.1, 0.15) is 0 Å². The molecule has 0 spiro atoms. The Morgan fingerprint density at radius 2 is 0.523 bits per heavy atom. The van der Waals surface area contributed by atoms with Crippen molar-refractivity contribution < 1.29 is 38.4 Å². The molecule has 4 aliphatic rings. The second-order valence-corrected chi connectivity index (χ2v) is 24.2. The molecule has 88 heavy (non-hydrogen) atoms. The van der Waals surface area contributed by atoms with Crippen LogP contribution in [-0.4, -0.2) is 111 Å². The van der Waals surface area contributed by atoms with E-state index in [1.807, 2.05) is 73.6 Å². The number of benzene rings is 8. The first kappa shape index (κ1) is 53.5. The van der Waals surface area contributed by atoms with Crippen LogP contribution in [0.1, 0.15) is 190 Å². The Labute approximate surface area is 503 Å². The number of carbonyl (C=O) groups excluding carboxylic acids is 8. The number of rotatable bonds is 13. The lowest BCUT2D eigenvalue weighted by Gasteiger charge is -2.34. The van der Waals surface area contributed by atoms with E-state index in [2.05, 4.69) is 0 Å². The predicted molar refractivity (Wildman–Crippen MR) is 340 cm³/mol. The minimum atomic E-state index is -0.491. The van der Waals surface area contributed by atoms with Crippen molar-refractivity contribution in [3.8, 4) is 11.1 Å². The minimum Gasteiger partial charge on any atom is -0.271 e. The van der Waals surface area contributed by atoms with Crippen LogP contribution >= 0.6 is 0 Å². The lowest BCUT2D eigenvalue weighted by atomic mass is 9.82. The van der Waals surface area contributed by atoms with E-state index in [-0.39, 0.29) is 46.8 Å². The molecule has 16 heteroatoms. The molecular formula is C72H58N8O8. The molecular weight excluding hydrogens is 1100 g/mol. The summed E-state index contributed by atoms with van der Waals surface area (Å²) in [6, 6.07) is 23.6. The van der Waals surface area contributed by atoms with Gasteiger partial charge in [-0.1, -0.05) is 73.6 Å². The zero-order valence-electron chi connectivity index (χ0n) is 49.9. The van der Waals surface area contributed by atoms with Gasteiger partial charge >= 0.3 is 0 Å². The maximum Gasteiger partial charge on any atom is 0.261 e. The van der Waals surface area contributed by atoms with Crippen LogP contribution in [-0.2, 0) is 0 Å². The molecule has 0 saturated carbocycles. The summed E-state index contributed by atoms with van der Waals surface area (Å²) < 4.78 is 0. The van der Waals surface area contributed by atoms with Gasteiger partial charge in [0, 0.05) is 139 Å². The Bertz CT molecular complexity index is 5280. The maximum absolute atomic E-state index is 15.7. The lowest BCUT2D eigenvalue weighted by Crippen LogP contribution is -2.46. The molecule has 0 saturated heterocycles. The molecule has 0 N–H and O–H groups in total. The van der Waals surface area contributed by atoms with Gasteiger partial charge < -0.3 is 0 Å². The molecule has 434 valence electrons. The van der Waals surface area contributed by atoms with Crippen LogP contribution in [0, 0.1) is 0 Å². The average molecular weight is 1160 g/mol. The Hall–Kier alpha value is -9.96. The molecule has 0 radical (unpaired) electrons. The van der Waals surface area contributed by atoms with Crippen molar-refractivity contribution >= 4 is 156 Å². The number of hydrogen-bond acceptors (Lipinski definition) is 12. The molecule has 4 aromatic heterocycles. The van der Waals surface area contributed by atoms with E-state index in [1.165, 1.54) is 19.6 Å². The van der Waals surface area contributed by atoms with Crippen molar-refractivity contribution in [2.24, 2.45) is 0 Å². The molecule has 8 heterocycles. The van der Waals surface area contributed by atoms with E-state index in [1.54, 1.807) is 66.7 Å². The van der Waals surface area contributed by atoms with Gasteiger partial charge in [-0.05, 0) is 124 Å². The van der Waals surface area contributed by atoms with Crippen LogP contribution in [0.15, 0.2) is 84.9 Å². The Morgan fingerprint density at radius 1 is 0.250 bits per heavy atom. The SMILES string of the molecule is CCC(CC)N1C(=O)c2ccc3nc4c5ccc6c7c(cc(-c8cc9c%10c(ccc%11nc%12c%13ccc%14c%15c(ccc(nc%12c8c%11%10)c%15%13)C(=O)N(C(CC)CC)C%14=O)C(=O)N(C(CC)CC)C9=O)c(nc4c4ccc(c2c34)C1=O)c75)C(=O)N(C(CC)CC)C6=O. The number of nitrogens with zero attached hydrogens (tertiary/aromatic N) is 8. The van der Waals surface area contributed by atoms with Gasteiger partial charge in [-0.3, -0.25) is 58.0 Å². The number of carbonyl (C=O) groups is 8. The third kappa shape index (κ3) is 6.53. The number of fused-ring (bicyclic) bond motifs is 6. The quantitative estimate of drug-likeness (QED) is 0.0601. The van der Waals surface area contributed by atoms with E-state index in [4.69, 9.17) is 19.9 Å². The van der Waals surface area contributed by atoms with Crippen molar-refractivity contribution in [1.82, 2.24) is 39.5 Å². The van der Waals surface area contributed by atoms with Crippen LogP contribution in [0.2, 0.25) is 0 Å². The van der Waals surface area contributed by atoms with Crippen LogP contribution < -0.4 is 0 Å². The maximum atomic E-state index is 15.7. The second-order valence-electron chi connectivity index (χ2n) is 24.2. The topological polar surface area (TPSA) is 201 Å². The molecule has 0 aliphatic carbocycles. The number of imide groups is 4. The number of pyridine rings is 4. The van der Waals surface area contributed by atoms with Crippen LogP contribution in [0.5, 0.6) is 0 Å². The highest BCUT2D eigenvalue weighted by molar-refractivity contribution is 6.41. The highest BCUT2D eigenvalue weighted by Gasteiger charge is 2.44. The second kappa shape index (κ2) is 18.8. The predicted octanol–water partition coefficient (Wildman–Crippen LogP) is 14.5. The van der Waals surface area contributed by atoms with Crippen molar-refractivity contribution in [3.05, 3.63) is 129 Å². The van der Waals surface area contributed by atoms with Crippen molar-refractivity contribution in [3.63, 3.8) is 0 Å². The van der Waals surface area contributed by atoms with E-state index >= 15 is 19.2 Å². The summed E-state index contributed by atoms with van der Waals surface area (Å²) in [4.78, 5) is 147. The Kier molecular flexibility index (Phi) is 11.4. The fraction of sp³-hybridized carbons (Fsp3) is 0.278. The van der Waals surface area contributed by atoms with Gasteiger partial charge in [0.05, 0.1) is 44.1 Å². The van der Waals surface area contributed by atoms with E-state index in [0.29, 0.717) is 205 Å². The Balaban J connectivity index is 1.08. The van der Waals surface area contributed by atoms with Crippen molar-refractivity contribution in [2.45, 2.75) is 131 Å². The average Bonchev–Trinajstić information content (AvgIpc) is 0.698. The Morgan fingerprint density at radius 3 is 0.898 bits per heavy atom. The van der Waals surface area contributed by atoms with E-state index < -0.39 is 35.7 Å². The lowest BCUT2D eigenvalue weighted by molar-refractivity contribution is 0.0514. The highest BCUT2D eigenvalue weighted by Crippen LogP contribution is 2.52. The van der Waals surface area contributed by atoms with Gasteiger partial charge in [0.15, 0.2) is 0 Å². The smallest absolute Gasteiger partial charge is 0.261 e. The number of amides is 8. The van der Waals surface area contributed by atoms with Crippen LogP contribution in [0.4, 0.5) is 0 Å². The molecule has 0 atom stereocenters. The zero-order chi connectivity index (χ0) is 60.9. The molecule has 16 nitrogen and oxygen atoms in total. The number of aromatic nitrogens is 4. The van der Waals surface area contributed by atoms with Crippen molar-refractivity contribution in [2.75, 3.05) is 0 Å². The summed E-state index contributed by atoms with van der Waals surface area (Å²) in [5.74, 6) is -3.35. The molecule has 12 aromatic rings. The zero-order valence-corrected chi connectivity index (χ0v) is 49.9. The first-order valence-corrected chi connectivity index (χ1v) is 31.0. The molecule has 4 aliphatic heterocycles. The van der Waals surface area contributed by atoms with Gasteiger partial charge in [0.25, 0.3) is 47.3 Å². The molecule has 0 fully saturated rings. The van der Waals surface area contributed by atoms with Gasteiger partial charge in [-0.15, -0.1) is 0 Å². The van der Waals surface area contributed by atoms with Gasteiger partial charge in [0.2, 0.25) is 0 Å². The third-order valence-corrected chi connectivity index (χ3v) is 20.3. The summed E-state index contributed by atoms with van der Waals surface area (Å²) in [5, 5.41) is 6.28. The molecule has 8 aromatic carbocycles. The third-order valence-electron chi connectivity index (χ3n) is 20.3. The van der Waals surface area contributed by atoms with Crippen molar-refractivity contribution in [1.29, 1.82) is 0 Å². The molecule has 16 rings (SSSR count). The van der Waals surface area contributed by atoms with Crippen LogP contribution in [0.3, 0.4) is 0 Å². The summed E-state index contributed by atoms with van der Waals surface area (Å²) in [5.41, 5.74) is 7.04. The first-order chi connectivity index (χ1) is 42.7. The largest absolute Gasteiger partial charge is 0.271 e. The van der Waals surface area contributed by atoms with Crippen LogP contribution in [0.25, 0.3) is 120 Å². The summed E-state index contributed by atoms with van der Waals surface area (Å²) in [7, 11) is 0. The number of hydrogen-bond donors (Lipinski definition) is 0. The van der Waals surface area contributed by atoms with Gasteiger partial charge in [-0.25, -0.2) is 19.9 Å². The normalized spacial score (nSPS) is 15.5. The van der Waals surface area contributed by atoms with E-state index in [9.17, 15) is 19.2 Å². The highest BCUT2D eigenvalue weighted by atomic mass is 16.2. The molecule has 8 amide bonds. The standard InChI is InChI=1S/C72H58N8O8/c1-9-31(10-2)77-65(81)38-20-17-35-55-48(26-23-41(51(38)55)68(77)84)73-61-37-19-22-40-53-47(72(88)79(67(40)83)33(13-5)14-6)30-45(60(57(37)53)76-62(35)61)44-29-46-54-43(70(86)80(71(46)87)34(15-7)16-8)25-28-50-59(54)58(44)64-63(74-50)36-18-21-39-52-42(24-27-49(75-64)56(36)52)69(85)78(66(39)82)32(11-3)12-4/h17-34H,9-16H2,1-8H3. The summed E-state index contributed by atoms with van der Waals surface area (Å²) in [6.07, 6.45) is 4.42. The molecule has 0 unspecified atom stereocenters. The van der Waals surface area contributed by atoms with Gasteiger partial charge in [-0.2, -0.15) is 0 Å². The first-order valence-electron chi connectivity index (χ1n) is 31.0. The fourth-order valence-corrected chi connectivity index (χ4v) is 15.9. The summed E-state index contributed by atoms with van der Waals surface area (Å²) in [6.45, 7) is 15.7. The molecule has 0 bridgehead atoms. The van der Waals surface area contributed by atoms with E-state index in [0.717, 1.165) is 0 Å². The monoisotopic (exact) mass is 1160 g/mol. The fourth-order valence-electron chi connectivity index (χ4n) is 15.9.